The second-order valence-corrected chi connectivity index (χ2v) is 15.0. The quantitative estimate of drug-likeness (QED) is 0.167. The Labute approximate surface area is 290 Å². The molecule has 1 N–H and O–H groups in total. The van der Waals surface area contributed by atoms with Gasteiger partial charge in [0.05, 0.1) is 10.6 Å². The number of anilines is 1. The maximum absolute atomic E-state index is 14.8. The van der Waals surface area contributed by atoms with Gasteiger partial charge in [0.25, 0.3) is 10.0 Å². The molecule has 0 aromatic heterocycles. The summed E-state index contributed by atoms with van der Waals surface area (Å²) in [6.07, 6.45) is 5.30. The van der Waals surface area contributed by atoms with Gasteiger partial charge in [-0.1, -0.05) is 115 Å². The van der Waals surface area contributed by atoms with Crippen LogP contribution in [0.3, 0.4) is 0 Å². The van der Waals surface area contributed by atoms with Crippen molar-refractivity contribution in [1.82, 2.24) is 10.2 Å². The second-order valence-electron chi connectivity index (χ2n) is 12.8. The van der Waals surface area contributed by atoms with Gasteiger partial charge in [-0.05, 0) is 74.6 Å². The van der Waals surface area contributed by atoms with Crippen LogP contribution >= 0.6 is 11.6 Å². The average molecular weight is 686 g/mol. The monoisotopic (exact) mass is 685 g/mol. The highest BCUT2D eigenvalue weighted by Crippen LogP contribution is 2.31. The minimum absolute atomic E-state index is 0.0355. The van der Waals surface area contributed by atoms with Crippen molar-refractivity contribution in [1.29, 1.82) is 0 Å². The number of nitrogens with one attached hydrogen (secondary N) is 1. The summed E-state index contributed by atoms with van der Waals surface area (Å²) >= 11 is 6.50. The summed E-state index contributed by atoms with van der Waals surface area (Å²) in [6.45, 7) is 5.21. The molecule has 0 saturated heterocycles. The summed E-state index contributed by atoms with van der Waals surface area (Å²) < 4.78 is 29.8. The number of sulfonamides is 1. The first kappa shape index (κ1) is 35.2. The van der Waals surface area contributed by atoms with Gasteiger partial charge in [0, 0.05) is 24.0 Å². The zero-order valence-corrected chi connectivity index (χ0v) is 29.4. The Morgan fingerprint density at radius 1 is 0.792 bits per heavy atom. The van der Waals surface area contributed by atoms with Gasteiger partial charge in [-0.25, -0.2) is 8.42 Å². The number of aryl methyl sites for hydroxylation is 2. The smallest absolute Gasteiger partial charge is 0.264 e. The lowest BCUT2D eigenvalue weighted by Crippen LogP contribution is -2.55. The molecule has 0 bridgehead atoms. The van der Waals surface area contributed by atoms with Crippen LogP contribution in [0, 0.1) is 20.8 Å². The predicted molar refractivity (Wildman–Crippen MR) is 193 cm³/mol. The van der Waals surface area contributed by atoms with E-state index in [1.165, 1.54) is 0 Å². The van der Waals surface area contributed by atoms with Crippen molar-refractivity contribution in [2.24, 2.45) is 0 Å². The van der Waals surface area contributed by atoms with Crippen molar-refractivity contribution >= 4 is 39.1 Å². The molecule has 5 rings (SSSR count). The Morgan fingerprint density at radius 2 is 1.42 bits per heavy atom. The minimum Gasteiger partial charge on any atom is -0.352 e. The Kier molecular flexibility index (Phi) is 11.6. The molecular formula is C39H44ClN3O4S. The van der Waals surface area contributed by atoms with E-state index in [0.29, 0.717) is 16.3 Å². The van der Waals surface area contributed by atoms with Crippen LogP contribution in [0.2, 0.25) is 5.02 Å². The van der Waals surface area contributed by atoms with E-state index >= 15 is 0 Å². The van der Waals surface area contributed by atoms with Crippen molar-refractivity contribution in [3.63, 3.8) is 0 Å². The van der Waals surface area contributed by atoms with Gasteiger partial charge in [0.1, 0.15) is 12.6 Å². The zero-order chi connectivity index (χ0) is 34.3. The van der Waals surface area contributed by atoms with Gasteiger partial charge < -0.3 is 10.2 Å². The molecular weight excluding hydrogens is 642 g/mol. The normalized spacial score (nSPS) is 14.2. The number of halogens is 1. The number of amides is 2. The number of nitrogens with zero attached hydrogens (tertiary/aromatic N) is 2. The standard InChI is InChI=1S/C39H44ClN3O4S/c1-28-17-21-32(22-18-28)26-42(37(25-31-11-6-4-7-12-31)39(45)41-33-13-8-5-9-14-33)38(44)27-43(36-16-10-15-35(40)30(36)3)48(46,47)34-23-19-29(2)20-24-34/h4,6-7,10-12,15-24,33,37H,5,8-9,13-14,25-27H2,1-3H3,(H,41,45). The Bertz CT molecular complexity index is 1810. The Morgan fingerprint density at radius 3 is 2.06 bits per heavy atom. The van der Waals surface area contributed by atoms with Crippen LogP contribution in [-0.2, 0) is 32.6 Å². The van der Waals surface area contributed by atoms with E-state index < -0.39 is 28.5 Å². The summed E-state index contributed by atoms with van der Waals surface area (Å²) in [5.41, 5.74) is 4.55. The Hall–Kier alpha value is -4.14. The first-order valence-electron chi connectivity index (χ1n) is 16.6. The third-order valence-corrected chi connectivity index (χ3v) is 11.3. The van der Waals surface area contributed by atoms with E-state index in [1.807, 2.05) is 68.4 Å². The molecule has 1 aliphatic rings. The van der Waals surface area contributed by atoms with Gasteiger partial charge in [-0.15, -0.1) is 0 Å². The van der Waals surface area contributed by atoms with Gasteiger partial charge in [0.15, 0.2) is 0 Å². The highest BCUT2D eigenvalue weighted by atomic mass is 35.5. The molecule has 252 valence electrons. The molecule has 1 atom stereocenters. The third-order valence-electron chi connectivity index (χ3n) is 9.09. The molecule has 0 spiro atoms. The number of hydrogen-bond donors (Lipinski definition) is 1. The Balaban J connectivity index is 1.58. The summed E-state index contributed by atoms with van der Waals surface area (Å²) in [5, 5.41) is 3.63. The van der Waals surface area contributed by atoms with Crippen molar-refractivity contribution in [3.8, 4) is 0 Å². The first-order valence-corrected chi connectivity index (χ1v) is 18.4. The number of rotatable bonds is 12. The molecule has 0 heterocycles. The largest absolute Gasteiger partial charge is 0.352 e. The molecule has 1 saturated carbocycles. The lowest BCUT2D eigenvalue weighted by Gasteiger charge is -2.35. The molecule has 9 heteroatoms. The summed E-state index contributed by atoms with van der Waals surface area (Å²) in [7, 11) is -4.22. The second kappa shape index (κ2) is 15.8. The van der Waals surface area contributed by atoms with Gasteiger partial charge in [-0.3, -0.25) is 13.9 Å². The van der Waals surface area contributed by atoms with Crippen LogP contribution in [0.1, 0.15) is 59.9 Å². The van der Waals surface area contributed by atoms with Crippen LogP contribution in [0.4, 0.5) is 5.69 Å². The zero-order valence-electron chi connectivity index (χ0n) is 27.9. The fraction of sp³-hybridized carbons (Fsp3) is 0.333. The van der Waals surface area contributed by atoms with E-state index in [2.05, 4.69) is 5.32 Å². The van der Waals surface area contributed by atoms with Crippen LogP contribution < -0.4 is 9.62 Å². The van der Waals surface area contributed by atoms with E-state index in [9.17, 15) is 18.0 Å². The maximum Gasteiger partial charge on any atom is 0.264 e. The van der Waals surface area contributed by atoms with Crippen LogP contribution in [0.25, 0.3) is 0 Å². The molecule has 7 nitrogen and oxygen atoms in total. The lowest BCUT2D eigenvalue weighted by molar-refractivity contribution is -0.140. The fourth-order valence-electron chi connectivity index (χ4n) is 6.21. The maximum atomic E-state index is 14.8. The molecule has 1 unspecified atom stereocenters. The van der Waals surface area contributed by atoms with E-state index in [-0.39, 0.29) is 29.8 Å². The highest BCUT2D eigenvalue weighted by Gasteiger charge is 2.36. The third kappa shape index (κ3) is 8.65. The molecule has 1 fully saturated rings. The van der Waals surface area contributed by atoms with E-state index in [4.69, 9.17) is 11.6 Å². The molecule has 0 radical (unpaired) electrons. The van der Waals surface area contributed by atoms with Crippen LogP contribution in [-0.4, -0.2) is 43.8 Å². The minimum atomic E-state index is -4.22. The van der Waals surface area contributed by atoms with Gasteiger partial charge >= 0.3 is 0 Å². The van der Waals surface area contributed by atoms with Crippen molar-refractivity contribution in [2.75, 3.05) is 10.8 Å². The fourth-order valence-corrected chi connectivity index (χ4v) is 7.85. The number of carbonyl (C=O) groups is 2. The number of hydrogen-bond acceptors (Lipinski definition) is 4. The van der Waals surface area contributed by atoms with E-state index in [0.717, 1.165) is 58.7 Å². The lowest BCUT2D eigenvalue weighted by atomic mass is 9.94. The summed E-state index contributed by atoms with van der Waals surface area (Å²) in [6, 6.07) is 28.2. The molecule has 4 aromatic rings. The van der Waals surface area contributed by atoms with Crippen molar-refractivity contribution < 1.29 is 18.0 Å². The molecule has 2 amide bonds. The number of benzene rings is 4. The van der Waals surface area contributed by atoms with Crippen LogP contribution in [0.5, 0.6) is 0 Å². The summed E-state index contributed by atoms with van der Waals surface area (Å²) in [4.78, 5) is 30.6. The number of carbonyl (C=O) groups excluding carboxylic acids is 2. The average Bonchev–Trinajstić information content (AvgIpc) is 3.08. The highest BCUT2D eigenvalue weighted by molar-refractivity contribution is 7.92. The first-order chi connectivity index (χ1) is 23.0. The van der Waals surface area contributed by atoms with Crippen molar-refractivity contribution in [3.05, 3.63) is 130 Å². The molecule has 4 aromatic carbocycles. The predicted octanol–water partition coefficient (Wildman–Crippen LogP) is 7.55. The molecule has 0 aliphatic heterocycles. The SMILES string of the molecule is Cc1ccc(CN(C(=O)CN(c2cccc(Cl)c2C)S(=O)(=O)c2ccc(C)cc2)C(Cc2ccccc2)C(=O)NC2CCCCC2)cc1. The summed E-state index contributed by atoms with van der Waals surface area (Å²) in [5.74, 6) is -0.733. The van der Waals surface area contributed by atoms with Crippen LogP contribution in [0.15, 0.2) is 102 Å². The van der Waals surface area contributed by atoms with Crippen molar-refractivity contribution in [2.45, 2.75) is 82.8 Å². The molecule has 48 heavy (non-hydrogen) atoms. The van der Waals surface area contributed by atoms with E-state index in [1.54, 1.807) is 54.3 Å². The molecule has 1 aliphatic carbocycles. The van der Waals surface area contributed by atoms with Gasteiger partial charge in [-0.2, -0.15) is 0 Å². The van der Waals surface area contributed by atoms with Gasteiger partial charge in [0.2, 0.25) is 11.8 Å². The topological polar surface area (TPSA) is 86.8 Å².